The molecule has 0 spiro atoms. The number of rotatable bonds is 3. The van der Waals surface area contributed by atoms with E-state index in [-0.39, 0.29) is 24.9 Å². The summed E-state index contributed by atoms with van der Waals surface area (Å²) in [5.41, 5.74) is 0.827. The predicted octanol–water partition coefficient (Wildman–Crippen LogP) is 0.934. The van der Waals surface area contributed by atoms with Gasteiger partial charge in [0.25, 0.3) is 0 Å². The van der Waals surface area contributed by atoms with Gasteiger partial charge < -0.3 is 0 Å². The van der Waals surface area contributed by atoms with Crippen molar-refractivity contribution in [3.05, 3.63) is 35.1 Å². The molecule has 1 aliphatic heterocycles. The van der Waals surface area contributed by atoms with Crippen LogP contribution in [0.25, 0.3) is 0 Å². The summed E-state index contributed by atoms with van der Waals surface area (Å²) in [6.07, 6.45) is 0.538. The second-order valence-electron chi connectivity index (χ2n) is 4.65. The molecule has 0 aromatic heterocycles. The maximum absolute atomic E-state index is 13.3. The van der Waals surface area contributed by atoms with E-state index in [1.54, 1.807) is 4.90 Å². The van der Waals surface area contributed by atoms with Crippen molar-refractivity contribution in [3.63, 3.8) is 0 Å². The zero-order valence-electron chi connectivity index (χ0n) is 11.0. The van der Waals surface area contributed by atoms with Gasteiger partial charge in [0.15, 0.2) is 0 Å². The van der Waals surface area contributed by atoms with Crippen molar-refractivity contribution >= 4 is 11.8 Å². The minimum Gasteiger partial charge on any atom is -0.294 e. The number of piperazine rings is 1. The molecule has 1 fully saturated rings. The second kappa shape index (κ2) is 5.80. The zero-order chi connectivity index (χ0) is 14.7. The maximum Gasteiger partial charge on any atom is 0.243 e. The summed E-state index contributed by atoms with van der Waals surface area (Å²) in [5.74, 6) is -1.17. The average Bonchev–Trinajstić information content (AvgIpc) is 2.38. The summed E-state index contributed by atoms with van der Waals surface area (Å²) in [7, 11) is 0. The van der Waals surface area contributed by atoms with Gasteiger partial charge in [-0.3, -0.25) is 19.8 Å². The van der Waals surface area contributed by atoms with Crippen molar-refractivity contribution in [2.24, 2.45) is 0 Å². The molecule has 104 valence electrons. The van der Waals surface area contributed by atoms with Crippen LogP contribution in [0.3, 0.4) is 0 Å². The number of carbonyl (C=O) groups excluding carboxylic acids is 2. The zero-order valence-corrected chi connectivity index (χ0v) is 11.0. The van der Waals surface area contributed by atoms with Crippen LogP contribution in [0, 0.1) is 17.1 Å². The van der Waals surface area contributed by atoms with Crippen LogP contribution in [-0.2, 0) is 16.1 Å². The topological polar surface area (TPSA) is 73.2 Å². The lowest BCUT2D eigenvalue weighted by Crippen LogP contribution is -2.57. The van der Waals surface area contributed by atoms with Crippen molar-refractivity contribution in [2.75, 3.05) is 6.54 Å². The molecule has 1 N–H and O–H groups in total. The van der Waals surface area contributed by atoms with E-state index in [2.05, 4.69) is 5.32 Å². The van der Waals surface area contributed by atoms with Crippen molar-refractivity contribution in [1.29, 1.82) is 5.26 Å². The maximum atomic E-state index is 13.3. The molecule has 1 aromatic rings. The van der Waals surface area contributed by atoms with E-state index in [0.29, 0.717) is 17.5 Å². The van der Waals surface area contributed by atoms with Gasteiger partial charge in [-0.05, 0) is 30.2 Å². The molecule has 1 atom stereocenters. The first-order valence-corrected chi connectivity index (χ1v) is 6.31. The first kappa shape index (κ1) is 14.2. The lowest BCUT2D eigenvalue weighted by molar-refractivity contribution is -0.140. The van der Waals surface area contributed by atoms with Gasteiger partial charge in [-0.15, -0.1) is 0 Å². The molecule has 0 saturated carbocycles. The molecule has 0 radical (unpaired) electrons. The van der Waals surface area contributed by atoms with Gasteiger partial charge in [0.2, 0.25) is 11.8 Å². The Morgan fingerprint density at radius 1 is 1.50 bits per heavy atom. The van der Waals surface area contributed by atoms with Crippen LogP contribution < -0.4 is 5.32 Å². The highest BCUT2D eigenvalue weighted by atomic mass is 19.1. The average molecular weight is 275 g/mol. The summed E-state index contributed by atoms with van der Waals surface area (Å²) >= 11 is 0. The van der Waals surface area contributed by atoms with Crippen LogP contribution in [-0.4, -0.2) is 29.3 Å². The Hall–Kier alpha value is -2.26. The molecular formula is C14H14FN3O2. The van der Waals surface area contributed by atoms with Crippen LogP contribution in [0.5, 0.6) is 0 Å². The fourth-order valence-corrected chi connectivity index (χ4v) is 2.35. The van der Waals surface area contributed by atoms with Crippen molar-refractivity contribution in [3.8, 4) is 6.07 Å². The second-order valence-corrected chi connectivity index (χ2v) is 4.65. The van der Waals surface area contributed by atoms with Gasteiger partial charge in [-0.1, -0.05) is 6.92 Å². The number of carbonyl (C=O) groups is 2. The monoisotopic (exact) mass is 275 g/mol. The van der Waals surface area contributed by atoms with Crippen LogP contribution >= 0.6 is 0 Å². The number of benzene rings is 1. The van der Waals surface area contributed by atoms with Gasteiger partial charge >= 0.3 is 0 Å². The summed E-state index contributed by atoms with van der Waals surface area (Å²) in [6.45, 7) is 2.09. The van der Waals surface area contributed by atoms with Gasteiger partial charge in [0.05, 0.1) is 24.2 Å². The first-order chi connectivity index (χ1) is 9.55. The largest absolute Gasteiger partial charge is 0.294 e. The van der Waals surface area contributed by atoms with Crippen LogP contribution in [0.2, 0.25) is 0 Å². The third-order valence-electron chi connectivity index (χ3n) is 3.30. The van der Waals surface area contributed by atoms with Crippen LogP contribution in [0.4, 0.5) is 4.39 Å². The molecule has 1 aliphatic rings. The quantitative estimate of drug-likeness (QED) is 0.833. The van der Waals surface area contributed by atoms with E-state index in [9.17, 15) is 14.0 Å². The molecule has 2 amide bonds. The first-order valence-electron chi connectivity index (χ1n) is 6.31. The molecule has 1 aromatic carbocycles. The molecule has 0 bridgehead atoms. The fraction of sp³-hybridized carbons (Fsp3) is 0.357. The van der Waals surface area contributed by atoms with E-state index < -0.39 is 11.9 Å². The lowest BCUT2D eigenvalue weighted by Gasteiger charge is -2.33. The third kappa shape index (κ3) is 2.83. The van der Waals surface area contributed by atoms with Crippen molar-refractivity contribution in [1.82, 2.24) is 10.2 Å². The molecule has 0 aliphatic carbocycles. The standard InChI is InChI=1S/C14H14FN3O2/c1-2-12-14(20)17-13(19)8-18(12)7-10-5-11(15)4-3-9(10)6-16/h3-5,12H,2,7-8H2,1H3,(H,17,19,20). The van der Waals surface area contributed by atoms with E-state index in [1.165, 1.54) is 18.2 Å². The number of nitriles is 1. The van der Waals surface area contributed by atoms with Crippen LogP contribution in [0.15, 0.2) is 18.2 Å². The molecule has 20 heavy (non-hydrogen) atoms. The van der Waals surface area contributed by atoms with Crippen molar-refractivity contribution in [2.45, 2.75) is 25.9 Å². The van der Waals surface area contributed by atoms with Gasteiger partial charge in [-0.25, -0.2) is 4.39 Å². The Balaban J connectivity index is 2.27. The SMILES string of the molecule is CCC1C(=O)NC(=O)CN1Cc1cc(F)ccc1C#N. The number of hydrogen-bond acceptors (Lipinski definition) is 4. The van der Waals surface area contributed by atoms with Gasteiger partial charge in [-0.2, -0.15) is 5.26 Å². The summed E-state index contributed by atoms with van der Waals surface area (Å²) in [5, 5.41) is 11.3. The highest BCUT2D eigenvalue weighted by molar-refractivity contribution is 6.01. The van der Waals surface area contributed by atoms with E-state index >= 15 is 0 Å². The Morgan fingerprint density at radius 2 is 2.25 bits per heavy atom. The summed E-state index contributed by atoms with van der Waals surface area (Å²) in [4.78, 5) is 24.9. The Labute approximate surface area is 116 Å². The molecule has 6 heteroatoms. The highest BCUT2D eigenvalue weighted by Gasteiger charge is 2.32. The minimum absolute atomic E-state index is 0.0611. The molecule has 1 saturated heterocycles. The summed E-state index contributed by atoms with van der Waals surface area (Å²) < 4.78 is 13.3. The summed E-state index contributed by atoms with van der Waals surface area (Å²) in [6, 6.07) is 5.43. The smallest absolute Gasteiger partial charge is 0.243 e. The van der Waals surface area contributed by atoms with Gasteiger partial charge in [0, 0.05) is 6.54 Å². The Kier molecular flexibility index (Phi) is 4.11. The highest BCUT2D eigenvalue weighted by Crippen LogP contribution is 2.17. The number of nitrogens with one attached hydrogen (secondary N) is 1. The van der Waals surface area contributed by atoms with E-state index in [0.717, 1.165) is 0 Å². The third-order valence-corrected chi connectivity index (χ3v) is 3.30. The minimum atomic E-state index is -0.445. The van der Waals surface area contributed by atoms with Gasteiger partial charge in [0.1, 0.15) is 5.82 Å². The number of imide groups is 1. The predicted molar refractivity (Wildman–Crippen MR) is 68.8 cm³/mol. The lowest BCUT2D eigenvalue weighted by atomic mass is 10.0. The van der Waals surface area contributed by atoms with Crippen molar-refractivity contribution < 1.29 is 14.0 Å². The molecular weight excluding hydrogens is 261 g/mol. The number of halogens is 1. The number of amides is 2. The Morgan fingerprint density at radius 3 is 2.90 bits per heavy atom. The molecule has 5 nitrogen and oxygen atoms in total. The number of nitrogens with zero attached hydrogens (tertiary/aromatic N) is 2. The normalized spacial score (nSPS) is 19.6. The van der Waals surface area contributed by atoms with E-state index in [4.69, 9.17) is 5.26 Å². The molecule has 1 heterocycles. The molecule has 1 unspecified atom stereocenters. The number of hydrogen-bond donors (Lipinski definition) is 1. The Bertz CT molecular complexity index is 595. The van der Waals surface area contributed by atoms with Crippen LogP contribution in [0.1, 0.15) is 24.5 Å². The fourth-order valence-electron chi connectivity index (χ4n) is 2.35. The van der Waals surface area contributed by atoms with E-state index in [1.807, 2.05) is 13.0 Å². The molecule has 2 rings (SSSR count).